The Morgan fingerprint density at radius 1 is 1.31 bits per heavy atom. The lowest BCUT2D eigenvalue weighted by atomic mass is 9.65. The van der Waals surface area contributed by atoms with Crippen LogP contribution in [0.2, 0.25) is 0 Å². The van der Waals surface area contributed by atoms with E-state index in [0.717, 1.165) is 49.0 Å². The average Bonchev–Trinajstić information content (AvgIpc) is 2.68. The van der Waals surface area contributed by atoms with Crippen LogP contribution in [0.3, 0.4) is 0 Å². The van der Waals surface area contributed by atoms with Crippen LogP contribution in [0.4, 0.5) is 4.39 Å². The van der Waals surface area contributed by atoms with E-state index in [1.165, 1.54) is 6.07 Å². The first kappa shape index (κ1) is 24.7. The molecule has 1 aliphatic heterocycles. The molecule has 3 atom stereocenters. The first-order chi connectivity index (χ1) is 15.0. The van der Waals surface area contributed by atoms with Crippen molar-refractivity contribution in [2.24, 2.45) is 5.41 Å². The van der Waals surface area contributed by atoms with Gasteiger partial charge in [0.15, 0.2) is 0 Å². The number of allylic oxidation sites excluding steroid dienone is 2. The second-order valence-corrected chi connectivity index (χ2v) is 10.2. The third-order valence-corrected chi connectivity index (χ3v) is 6.54. The van der Waals surface area contributed by atoms with E-state index in [1.54, 1.807) is 6.92 Å². The van der Waals surface area contributed by atoms with Gasteiger partial charge in [0.2, 0.25) is 0 Å². The topological polar surface area (TPSA) is 55.8 Å². The van der Waals surface area contributed by atoms with Crippen molar-refractivity contribution in [2.75, 3.05) is 6.61 Å². The summed E-state index contributed by atoms with van der Waals surface area (Å²) in [4.78, 5) is 11.7. The number of esters is 1. The SMILES string of the molecule is CCCCOC1(C)CC(c2ccc(F)c(C)c2)=C(C=C[C@H]2C[C@H](O)CC(=O)O2)C(C)(C)C1. The van der Waals surface area contributed by atoms with Gasteiger partial charge in [-0.25, -0.2) is 4.39 Å². The van der Waals surface area contributed by atoms with Crippen molar-refractivity contribution in [3.05, 3.63) is 52.9 Å². The lowest BCUT2D eigenvalue weighted by Crippen LogP contribution is -2.40. The van der Waals surface area contributed by atoms with Crippen LogP contribution in [0.5, 0.6) is 0 Å². The molecule has 2 aliphatic rings. The number of benzene rings is 1. The van der Waals surface area contributed by atoms with Gasteiger partial charge in [0.1, 0.15) is 11.9 Å². The Bertz CT molecular complexity index is 901. The summed E-state index contributed by atoms with van der Waals surface area (Å²) < 4.78 is 25.8. The zero-order valence-corrected chi connectivity index (χ0v) is 20.0. The summed E-state index contributed by atoms with van der Waals surface area (Å²) >= 11 is 0. The molecule has 176 valence electrons. The van der Waals surface area contributed by atoms with Crippen molar-refractivity contribution in [3.8, 4) is 0 Å². The smallest absolute Gasteiger partial charge is 0.309 e. The van der Waals surface area contributed by atoms with Gasteiger partial charge in [-0.05, 0) is 72.6 Å². The van der Waals surface area contributed by atoms with E-state index in [1.807, 2.05) is 24.3 Å². The van der Waals surface area contributed by atoms with Gasteiger partial charge >= 0.3 is 5.97 Å². The minimum absolute atomic E-state index is 0.0477. The number of halogens is 1. The Labute approximate surface area is 191 Å². The molecular weight excluding hydrogens is 407 g/mol. The van der Waals surface area contributed by atoms with Crippen molar-refractivity contribution in [2.45, 2.75) is 91.0 Å². The molecule has 0 spiro atoms. The summed E-state index contributed by atoms with van der Waals surface area (Å²) in [6.45, 7) is 11.2. The predicted octanol–water partition coefficient (Wildman–Crippen LogP) is 5.91. The number of aryl methyl sites for hydroxylation is 1. The van der Waals surface area contributed by atoms with Crippen molar-refractivity contribution >= 4 is 11.5 Å². The van der Waals surface area contributed by atoms with Crippen LogP contribution in [-0.2, 0) is 14.3 Å². The third-order valence-electron chi connectivity index (χ3n) is 6.54. The molecule has 32 heavy (non-hydrogen) atoms. The number of ether oxygens (including phenoxy) is 2. The van der Waals surface area contributed by atoms with Crippen molar-refractivity contribution in [3.63, 3.8) is 0 Å². The number of aliphatic hydroxyl groups excluding tert-OH is 1. The summed E-state index contributed by atoms with van der Waals surface area (Å²) in [6, 6.07) is 5.26. The molecule has 1 fully saturated rings. The summed E-state index contributed by atoms with van der Waals surface area (Å²) in [7, 11) is 0. The van der Waals surface area contributed by atoms with E-state index in [-0.39, 0.29) is 29.2 Å². The third kappa shape index (κ3) is 5.87. The van der Waals surface area contributed by atoms with Crippen LogP contribution in [0, 0.1) is 18.2 Å². The molecule has 1 heterocycles. The molecule has 0 bridgehead atoms. The van der Waals surface area contributed by atoms with E-state index in [9.17, 15) is 14.3 Å². The Hall–Kier alpha value is -1.98. The quantitative estimate of drug-likeness (QED) is 0.420. The van der Waals surface area contributed by atoms with Gasteiger partial charge in [-0.15, -0.1) is 0 Å². The van der Waals surface area contributed by atoms with E-state index in [0.29, 0.717) is 12.0 Å². The van der Waals surface area contributed by atoms with Gasteiger partial charge in [0.25, 0.3) is 0 Å². The van der Waals surface area contributed by atoms with Gasteiger partial charge in [0.05, 0.1) is 18.1 Å². The highest BCUT2D eigenvalue weighted by molar-refractivity contribution is 5.75. The Morgan fingerprint density at radius 2 is 2.06 bits per heavy atom. The lowest BCUT2D eigenvalue weighted by Gasteiger charge is -2.45. The van der Waals surface area contributed by atoms with Crippen LogP contribution in [0.15, 0.2) is 35.9 Å². The fraction of sp³-hybridized carbons (Fsp3) is 0.593. The maximum absolute atomic E-state index is 14.0. The molecule has 4 nitrogen and oxygen atoms in total. The summed E-state index contributed by atoms with van der Waals surface area (Å²) in [5.41, 5.74) is 3.34. The number of hydrogen-bond acceptors (Lipinski definition) is 4. The monoisotopic (exact) mass is 444 g/mol. The number of cyclic esters (lactones) is 1. The molecule has 1 saturated heterocycles. The zero-order chi connectivity index (χ0) is 23.5. The van der Waals surface area contributed by atoms with E-state index in [2.05, 4.69) is 27.7 Å². The molecule has 0 radical (unpaired) electrons. The number of carbonyl (C=O) groups excluding carboxylic acids is 1. The predicted molar refractivity (Wildman–Crippen MR) is 125 cm³/mol. The highest BCUT2D eigenvalue weighted by atomic mass is 19.1. The number of carbonyl (C=O) groups is 1. The largest absolute Gasteiger partial charge is 0.458 e. The first-order valence-corrected chi connectivity index (χ1v) is 11.7. The van der Waals surface area contributed by atoms with Gasteiger partial charge in [-0.2, -0.15) is 0 Å². The van der Waals surface area contributed by atoms with Crippen molar-refractivity contribution in [1.29, 1.82) is 0 Å². The maximum Gasteiger partial charge on any atom is 0.309 e. The lowest BCUT2D eigenvalue weighted by molar-refractivity contribution is -0.156. The van der Waals surface area contributed by atoms with Crippen molar-refractivity contribution in [1.82, 2.24) is 0 Å². The number of unbranched alkanes of at least 4 members (excludes halogenated alkanes) is 1. The van der Waals surface area contributed by atoms with Crippen LogP contribution in [-0.4, -0.2) is 35.5 Å². The molecular formula is C27H37FO4. The maximum atomic E-state index is 14.0. The summed E-state index contributed by atoms with van der Waals surface area (Å²) in [6.07, 6.45) is 6.92. The Kier molecular flexibility index (Phi) is 7.61. The van der Waals surface area contributed by atoms with Gasteiger partial charge in [0, 0.05) is 19.4 Å². The summed E-state index contributed by atoms with van der Waals surface area (Å²) in [5, 5.41) is 9.95. The Balaban J connectivity index is 2.01. The van der Waals surface area contributed by atoms with Crippen molar-refractivity contribution < 1.29 is 23.8 Å². The van der Waals surface area contributed by atoms with Gasteiger partial charge in [-0.1, -0.05) is 39.3 Å². The molecule has 1 N–H and O–H groups in total. The molecule has 0 amide bonds. The molecule has 0 saturated carbocycles. The standard InChI is InChI=1S/C27H37FO4/c1-6-7-12-31-27(5)16-22(19-8-11-24(28)18(2)13-19)23(26(3,4)17-27)10-9-21-14-20(29)15-25(30)32-21/h8-11,13,20-21,29H,6-7,12,14-17H2,1-5H3/t20-,21-,27?/m0/s1. The molecule has 0 aromatic heterocycles. The number of aliphatic hydroxyl groups is 1. The highest BCUT2D eigenvalue weighted by Gasteiger charge is 2.42. The second kappa shape index (κ2) is 9.88. The molecule has 1 unspecified atom stereocenters. The van der Waals surface area contributed by atoms with Crippen LogP contribution < -0.4 is 0 Å². The molecule has 5 heteroatoms. The van der Waals surface area contributed by atoms with Crippen LogP contribution >= 0.6 is 0 Å². The number of hydrogen-bond donors (Lipinski definition) is 1. The fourth-order valence-corrected chi connectivity index (χ4v) is 5.08. The second-order valence-electron chi connectivity index (χ2n) is 10.2. The van der Waals surface area contributed by atoms with Crippen LogP contribution in [0.1, 0.15) is 77.3 Å². The molecule has 1 aromatic carbocycles. The van der Waals surface area contributed by atoms with E-state index < -0.39 is 12.2 Å². The molecule has 1 aliphatic carbocycles. The minimum Gasteiger partial charge on any atom is -0.458 e. The zero-order valence-electron chi connectivity index (χ0n) is 20.0. The minimum atomic E-state index is -0.672. The molecule has 1 aromatic rings. The molecule has 3 rings (SSSR count). The summed E-state index contributed by atoms with van der Waals surface area (Å²) in [5.74, 6) is -0.590. The average molecular weight is 445 g/mol. The van der Waals surface area contributed by atoms with Gasteiger partial charge < -0.3 is 14.6 Å². The highest BCUT2D eigenvalue weighted by Crippen LogP contribution is 2.50. The fourth-order valence-electron chi connectivity index (χ4n) is 5.08. The normalized spacial score (nSPS) is 28.3. The Morgan fingerprint density at radius 3 is 2.72 bits per heavy atom. The van der Waals surface area contributed by atoms with Crippen LogP contribution in [0.25, 0.3) is 5.57 Å². The van der Waals surface area contributed by atoms with E-state index in [4.69, 9.17) is 9.47 Å². The first-order valence-electron chi connectivity index (χ1n) is 11.7. The van der Waals surface area contributed by atoms with Gasteiger partial charge in [-0.3, -0.25) is 4.79 Å². The number of rotatable bonds is 7. The van der Waals surface area contributed by atoms with E-state index >= 15 is 0 Å².